The van der Waals surface area contributed by atoms with Crippen LogP contribution < -0.4 is 10.5 Å². The van der Waals surface area contributed by atoms with Gasteiger partial charge in [-0.15, -0.1) is 11.3 Å². The maximum Gasteiger partial charge on any atom is 0.148 e. The molecule has 0 aliphatic carbocycles. The topological polar surface area (TPSA) is 55.5 Å². The number of halogens is 1. The summed E-state index contributed by atoms with van der Waals surface area (Å²) in [7, 11) is 0. The molecule has 0 amide bonds. The van der Waals surface area contributed by atoms with Gasteiger partial charge in [-0.1, -0.05) is 36.7 Å². The second-order valence-corrected chi connectivity index (χ2v) is 6.58. The number of benzene rings is 1. The van der Waals surface area contributed by atoms with Crippen LogP contribution in [0, 0.1) is 0 Å². The van der Waals surface area contributed by atoms with Crippen LogP contribution in [0.25, 0.3) is 0 Å². The standard InChI is InChI=1S/C16H20ClNO2S/c1-2-12(18)16(14-7-8-15(17)21-14)20-13-6-4-3-5-11(13)9-10-19/h3-8,12,16,19H,2,9-10,18H2,1H3. The number of aliphatic hydroxyl groups excluding tert-OH is 1. The van der Waals surface area contributed by atoms with Gasteiger partial charge in [0, 0.05) is 17.5 Å². The van der Waals surface area contributed by atoms with E-state index in [1.807, 2.05) is 43.3 Å². The molecule has 0 spiro atoms. The summed E-state index contributed by atoms with van der Waals surface area (Å²) in [5.74, 6) is 0.768. The first-order chi connectivity index (χ1) is 10.2. The van der Waals surface area contributed by atoms with E-state index in [0.29, 0.717) is 6.42 Å². The highest BCUT2D eigenvalue weighted by Crippen LogP contribution is 2.33. The molecule has 0 aliphatic rings. The molecule has 2 unspecified atom stereocenters. The average molecular weight is 326 g/mol. The predicted molar refractivity (Wildman–Crippen MR) is 88.2 cm³/mol. The van der Waals surface area contributed by atoms with Crippen molar-refractivity contribution < 1.29 is 9.84 Å². The Labute approximate surface area is 134 Å². The molecular weight excluding hydrogens is 306 g/mol. The second-order valence-electron chi connectivity index (χ2n) is 4.83. The lowest BCUT2D eigenvalue weighted by atomic mass is 10.1. The van der Waals surface area contributed by atoms with E-state index in [0.717, 1.165) is 26.9 Å². The van der Waals surface area contributed by atoms with Gasteiger partial charge in [-0.3, -0.25) is 0 Å². The molecule has 5 heteroatoms. The lowest BCUT2D eigenvalue weighted by Crippen LogP contribution is -2.31. The van der Waals surface area contributed by atoms with Crippen LogP contribution in [0.4, 0.5) is 0 Å². The number of para-hydroxylation sites is 1. The third-order valence-corrected chi connectivity index (χ3v) is 4.63. The number of thiophene rings is 1. The Hall–Kier alpha value is -1.07. The van der Waals surface area contributed by atoms with Gasteiger partial charge < -0.3 is 15.6 Å². The molecule has 0 fully saturated rings. The number of hydrogen-bond donors (Lipinski definition) is 2. The molecule has 0 saturated heterocycles. The molecule has 1 aromatic carbocycles. The van der Waals surface area contributed by atoms with Crippen molar-refractivity contribution in [3.8, 4) is 5.75 Å². The van der Waals surface area contributed by atoms with Gasteiger partial charge in [-0.05, 0) is 36.6 Å². The van der Waals surface area contributed by atoms with E-state index in [9.17, 15) is 0 Å². The van der Waals surface area contributed by atoms with E-state index in [1.165, 1.54) is 11.3 Å². The van der Waals surface area contributed by atoms with Crippen molar-refractivity contribution in [3.63, 3.8) is 0 Å². The molecule has 3 nitrogen and oxygen atoms in total. The van der Waals surface area contributed by atoms with Gasteiger partial charge in [0.2, 0.25) is 0 Å². The molecule has 2 rings (SSSR count). The molecule has 0 saturated carbocycles. The largest absolute Gasteiger partial charge is 0.483 e. The van der Waals surface area contributed by atoms with Crippen molar-refractivity contribution >= 4 is 22.9 Å². The fraction of sp³-hybridized carbons (Fsp3) is 0.375. The Morgan fingerprint density at radius 1 is 1.29 bits per heavy atom. The fourth-order valence-corrected chi connectivity index (χ4v) is 3.30. The summed E-state index contributed by atoms with van der Waals surface area (Å²) in [5.41, 5.74) is 7.20. The van der Waals surface area contributed by atoms with Crippen molar-refractivity contribution in [1.29, 1.82) is 0 Å². The van der Waals surface area contributed by atoms with Crippen molar-refractivity contribution in [3.05, 3.63) is 51.2 Å². The maximum absolute atomic E-state index is 9.16. The molecule has 3 N–H and O–H groups in total. The van der Waals surface area contributed by atoms with Crippen molar-refractivity contribution in [2.24, 2.45) is 5.73 Å². The lowest BCUT2D eigenvalue weighted by molar-refractivity contribution is 0.172. The summed E-state index contributed by atoms with van der Waals surface area (Å²) < 4.78 is 6.89. The van der Waals surface area contributed by atoms with Crippen molar-refractivity contribution in [2.45, 2.75) is 31.9 Å². The lowest BCUT2D eigenvalue weighted by Gasteiger charge is -2.24. The highest BCUT2D eigenvalue weighted by atomic mass is 35.5. The minimum Gasteiger partial charge on any atom is -0.483 e. The first kappa shape index (κ1) is 16.3. The SMILES string of the molecule is CCC(N)C(Oc1ccccc1CCO)c1ccc(Cl)s1. The van der Waals surface area contributed by atoms with Crippen LogP contribution in [0.5, 0.6) is 5.75 Å². The van der Waals surface area contributed by atoms with Gasteiger partial charge in [-0.25, -0.2) is 0 Å². The Morgan fingerprint density at radius 2 is 2.05 bits per heavy atom. The molecule has 0 aliphatic heterocycles. The molecule has 1 heterocycles. The first-order valence-corrected chi connectivity index (χ1v) is 8.21. The van der Waals surface area contributed by atoms with Gasteiger partial charge in [0.05, 0.1) is 4.34 Å². The molecule has 0 radical (unpaired) electrons. The van der Waals surface area contributed by atoms with Crippen LogP contribution >= 0.6 is 22.9 Å². The predicted octanol–water partition coefficient (Wildman–Crippen LogP) is 3.79. The summed E-state index contributed by atoms with van der Waals surface area (Å²) in [5, 5.41) is 9.16. The van der Waals surface area contributed by atoms with Crippen LogP contribution in [-0.2, 0) is 6.42 Å². The van der Waals surface area contributed by atoms with E-state index in [4.69, 9.17) is 27.2 Å². The summed E-state index contributed by atoms with van der Waals surface area (Å²) >= 11 is 7.51. The normalized spacial score (nSPS) is 13.9. The number of nitrogens with two attached hydrogens (primary N) is 1. The second kappa shape index (κ2) is 7.80. The highest BCUT2D eigenvalue weighted by molar-refractivity contribution is 7.16. The minimum absolute atomic E-state index is 0.0930. The van der Waals surface area contributed by atoms with Crippen LogP contribution in [0.2, 0.25) is 4.34 Å². The zero-order valence-electron chi connectivity index (χ0n) is 12.0. The molecule has 1 aromatic heterocycles. The Kier molecular flexibility index (Phi) is 6.06. The van der Waals surface area contributed by atoms with Gasteiger partial charge in [-0.2, -0.15) is 0 Å². The van der Waals surface area contributed by atoms with Gasteiger partial charge >= 0.3 is 0 Å². The molecular formula is C16H20ClNO2S. The van der Waals surface area contributed by atoms with E-state index in [2.05, 4.69) is 0 Å². The summed E-state index contributed by atoms with van der Waals surface area (Å²) in [6.07, 6.45) is 1.14. The molecule has 0 bridgehead atoms. The fourth-order valence-electron chi connectivity index (χ4n) is 2.13. The zero-order chi connectivity index (χ0) is 15.2. The van der Waals surface area contributed by atoms with E-state index >= 15 is 0 Å². The van der Waals surface area contributed by atoms with Gasteiger partial charge in [0.1, 0.15) is 11.9 Å². The number of hydrogen-bond acceptors (Lipinski definition) is 4. The Morgan fingerprint density at radius 3 is 2.67 bits per heavy atom. The van der Waals surface area contributed by atoms with E-state index in [1.54, 1.807) is 0 Å². The zero-order valence-corrected chi connectivity index (χ0v) is 13.5. The summed E-state index contributed by atoms with van der Waals surface area (Å²) in [6, 6.07) is 11.4. The third-order valence-electron chi connectivity index (χ3n) is 3.34. The van der Waals surface area contributed by atoms with Crippen LogP contribution in [0.3, 0.4) is 0 Å². The number of ether oxygens (including phenoxy) is 1. The summed E-state index contributed by atoms with van der Waals surface area (Å²) in [6.45, 7) is 2.13. The third kappa shape index (κ3) is 4.20. The summed E-state index contributed by atoms with van der Waals surface area (Å²) in [4.78, 5) is 1.02. The van der Waals surface area contributed by atoms with Gasteiger partial charge in [0.15, 0.2) is 0 Å². The first-order valence-electron chi connectivity index (χ1n) is 7.02. The van der Waals surface area contributed by atoms with Crippen LogP contribution in [0.15, 0.2) is 36.4 Å². The number of aliphatic hydroxyl groups is 1. The molecule has 114 valence electrons. The van der Waals surface area contributed by atoms with Crippen molar-refractivity contribution in [1.82, 2.24) is 0 Å². The highest BCUT2D eigenvalue weighted by Gasteiger charge is 2.23. The Balaban J connectivity index is 2.27. The number of rotatable bonds is 7. The molecule has 21 heavy (non-hydrogen) atoms. The Bertz CT molecular complexity index is 573. The molecule has 2 atom stereocenters. The molecule has 2 aromatic rings. The smallest absolute Gasteiger partial charge is 0.148 e. The van der Waals surface area contributed by atoms with E-state index in [-0.39, 0.29) is 18.8 Å². The quantitative estimate of drug-likeness (QED) is 0.814. The van der Waals surface area contributed by atoms with Crippen LogP contribution in [0.1, 0.15) is 29.9 Å². The average Bonchev–Trinajstić information content (AvgIpc) is 2.92. The maximum atomic E-state index is 9.16. The monoisotopic (exact) mass is 325 g/mol. The van der Waals surface area contributed by atoms with Crippen molar-refractivity contribution in [2.75, 3.05) is 6.61 Å². The van der Waals surface area contributed by atoms with Gasteiger partial charge in [0.25, 0.3) is 0 Å². The van der Waals surface area contributed by atoms with E-state index < -0.39 is 0 Å². The minimum atomic E-state index is -0.229. The van der Waals surface area contributed by atoms with Crippen LogP contribution in [-0.4, -0.2) is 17.8 Å².